The molecule has 1 atom stereocenters. The average molecular weight is 280 g/mol. The SMILES string of the molecule is C=C(C(=O)OCCCC(O)C(F)(F)F)C(F)(F)F. The predicted molar refractivity (Wildman–Crippen MR) is 47.4 cm³/mol. The Hall–Kier alpha value is -1.25. The molecule has 0 aromatic rings. The number of hydrogen-bond acceptors (Lipinski definition) is 3. The van der Waals surface area contributed by atoms with Crippen LogP contribution in [0.1, 0.15) is 12.8 Å². The first-order chi connectivity index (χ1) is 7.96. The first kappa shape index (κ1) is 16.8. The molecule has 18 heavy (non-hydrogen) atoms. The van der Waals surface area contributed by atoms with Crippen molar-refractivity contribution in [3.8, 4) is 0 Å². The molecule has 0 saturated heterocycles. The Balaban J connectivity index is 3.94. The fourth-order valence-corrected chi connectivity index (χ4v) is 0.808. The maximum Gasteiger partial charge on any atom is 0.422 e. The smallest absolute Gasteiger partial charge is 0.422 e. The number of hydrogen-bond donors (Lipinski definition) is 1. The Morgan fingerprint density at radius 2 is 1.72 bits per heavy atom. The number of aliphatic hydroxyl groups excluding tert-OH is 1. The summed E-state index contributed by atoms with van der Waals surface area (Å²) in [7, 11) is 0. The summed E-state index contributed by atoms with van der Waals surface area (Å²) < 4.78 is 75.2. The lowest BCUT2D eigenvalue weighted by atomic mass is 10.2. The van der Waals surface area contributed by atoms with E-state index in [2.05, 4.69) is 11.3 Å². The standard InChI is InChI=1S/C9H10F6O3/c1-5(8(10,11)12)7(17)18-4-2-3-6(16)9(13,14)15/h6,16H,1-4H2. The zero-order valence-electron chi connectivity index (χ0n) is 8.94. The molecule has 0 aromatic heterocycles. The largest absolute Gasteiger partial charge is 0.462 e. The lowest BCUT2D eigenvalue weighted by Crippen LogP contribution is -2.29. The van der Waals surface area contributed by atoms with Gasteiger partial charge in [0, 0.05) is 0 Å². The summed E-state index contributed by atoms with van der Waals surface area (Å²) in [4.78, 5) is 10.7. The van der Waals surface area contributed by atoms with Crippen molar-refractivity contribution in [2.75, 3.05) is 6.61 Å². The predicted octanol–water partition coefficient (Wildman–Crippen LogP) is 2.35. The van der Waals surface area contributed by atoms with Crippen LogP contribution in [0.15, 0.2) is 12.2 Å². The molecule has 0 fully saturated rings. The molecule has 0 rings (SSSR count). The van der Waals surface area contributed by atoms with Gasteiger partial charge in [0.25, 0.3) is 0 Å². The number of carbonyl (C=O) groups is 1. The summed E-state index contributed by atoms with van der Waals surface area (Å²) in [6.45, 7) is 1.78. The van der Waals surface area contributed by atoms with E-state index in [0.717, 1.165) is 0 Å². The van der Waals surface area contributed by atoms with Gasteiger partial charge in [-0.15, -0.1) is 0 Å². The van der Waals surface area contributed by atoms with Crippen LogP contribution in [0.3, 0.4) is 0 Å². The van der Waals surface area contributed by atoms with E-state index >= 15 is 0 Å². The highest BCUT2D eigenvalue weighted by Crippen LogP contribution is 2.25. The molecule has 3 nitrogen and oxygen atoms in total. The number of aliphatic hydroxyl groups is 1. The minimum absolute atomic E-state index is 0.419. The summed E-state index contributed by atoms with van der Waals surface area (Å²) in [5.74, 6) is -1.75. The van der Waals surface area contributed by atoms with Gasteiger partial charge in [0.05, 0.1) is 6.61 Å². The van der Waals surface area contributed by atoms with Crippen molar-refractivity contribution in [2.24, 2.45) is 0 Å². The number of alkyl halides is 6. The molecule has 1 unspecified atom stereocenters. The van der Waals surface area contributed by atoms with Crippen molar-refractivity contribution in [2.45, 2.75) is 31.3 Å². The molecular weight excluding hydrogens is 270 g/mol. The molecule has 1 N–H and O–H groups in total. The maximum absolute atomic E-state index is 11.9. The van der Waals surface area contributed by atoms with Crippen molar-refractivity contribution in [3.05, 3.63) is 12.2 Å². The Labute approximate surface area is 98.0 Å². The molecule has 9 heteroatoms. The molecule has 0 amide bonds. The number of ether oxygens (including phenoxy) is 1. The van der Waals surface area contributed by atoms with Crippen LogP contribution in [0.5, 0.6) is 0 Å². The molecule has 0 spiro atoms. The van der Waals surface area contributed by atoms with Gasteiger partial charge < -0.3 is 9.84 Å². The highest BCUT2D eigenvalue weighted by molar-refractivity contribution is 5.89. The molecule has 0 aliphatic rings. The van der Waals surface area contributed by atoms with Gasteiger partial charge in [0.1, 0.15) is 11.7 Å². The van der Waals surface area contributed by atoms with Crippen LogP contribution in [0.4, 0.5) is 26.3 Å². The second kappa shape index (κ2) is 6.07. The van der Waals surface area contributed by atoms with Crippen molar-refractivity contribution >= 4 is 5.97 Å². The van der Waals surface area contributed by atoms with Gasteiger partial charge in [-0.25, -0.2) is 4.79 Å². The molecule has 0 aliphatic heterocycles. The van der Waals surface area contributed by atoms with Crippen LogP contribution in [0, 0.1) is 0 Å². The number of carbonyl (C=O) groups excluding carboxylic acids is 1. The zero-order chi connectivity index (χ0) is 14.6. The van der Waals surface area contributed by atoms with E-state index in [9.17, 15) is 31.1 Å². The van der Waals surface area contributed by atoms with Gasteiger partial charge in [-0.3, -0.25) is 0 Å². The molecule has 0 radical (unpaired) electrons. The highest BCUT2D eigenvalue weighted by Gasteiger charge is 2.39. The Morgan fingerprint density at radius 1 is 1.22 bits per heavy atom. The monoisotopic (exact) mass is 280 g/mol. The molecule has 0 saturated carbocycles. The van der Waals surface area contributed by atoms with E-state index in [1.165, 1.54) is 0 Å². The lowest BCUT2D eigenvalue weighted by molar-refractivity contribution is -0.206. The summed E-state index contributed by atoms with van der Waals surface area (Å²) >= 11 is 0. The molecule has 0 aromatic carbocycles. The summed E-state index contributed by atoms with van der Waals surface area (Å²) in [5, 5.41) is 8.53. The van der Waals surface area contributed by atoms with Crippen LogP contribution < -0.4 is 0 Å². The van der Waals surface area contributed by atoms with E-state index in [4.69, 9.17) is 5.11 Å². The normalized spacial score (nSPS) is 14.2. The molecule has 106 valence electrons. The van der Waals surface area contributed by atoms with Crippen LogP contribution >= 0.6 is 0 Å². The number of rotatable bonds is 5. The highest BCUT2D eigenvalue weighted by atomic mass is 19.4. The molecule has 0 aliphatic carbocycles. The van der Waals surface area contributed by atoms with Crippen LogP contribution in [-0.2, 0) is 9.53 Å². The lowest BCUT2D eigenvalue weighted by Gasteiger charge is -2.14. The first-order valence-electron chi connectivity index (χ1n) is 4.64. The van der Waals surface area contributed by atoms with Crippen molar-refractivity contribution in [1.29, 1.82) is 0 Å². The molecular formula is C9H10F6O3. The second-order valence-corrected chi connectivity index (χ2v) is 3.31. The van der Waals surface area contributed by atoms with Crippen LogP contribution in [0.2, 0.25) is 0 Å². The summed E-state index contributed by atoms with van der Waals surface area (Å²) in [5.41, 5.74) is -1.74. The number of halogens is 6. The Bertz CT molecular complexity index is 306. The van der Waals surface area contributed by atoms with Crippen molar-refractivity contribution in [3.63, 3.8) is 0 Å². The van der Waals surface area contributed by atoms with E-state index < -0.39 is 49.4 Å². The Kier molecular flexibility index (Phi) is 5.65. The molecule has 0 bridgehead atoms. The van der Waals surface area contributed by atoms with Gasteiger partial charge >= 0.3 is 18.3 Å². The quantitative estimate of drug-likeness (QED) is 0.364. The van der Waals surface area contributed by atoms with Crippen LogP contribution in [-0.4, -0.2) is 36.1 Å². The third-order valence-electron chi connectivity index (χ3n) is 1.82. The summed E-state index contributed by atoms with van der Waals surface area (Å²) in [6.07, 6.45) is -13.5. The third-order valence-corrected chi connectivity index (χ3v) is 1.82. The first-order valence-corrected chi connectivity index (χ1v) is 4.64. The fourth-order valence-electron chi connectivity index (χ4n) is 0.808. The van der Waals surface area contributed by atoms with Gasteiger partial charge in [0.2, 0.25) is 0 Å². The van der Waals surface area contributed by atoms with Crippen molar-refractivity contribution in [1.82, 2.24) is 0 Å². The summed E-state index contributed by atoms with van der Waals surface area (Å²) in [6, 6.07) is 0. The van der Waals surface area contributed by atoms with E-state index in [-0.39, 0.29) is 0 Å². The van der Waals surface area contributed by atoms with E-state index in [1.54, 1.807) is 0 Å². The van der Waals surface area contributed by atoms with E-state index in [1.807, 2.05) is 0 Å². The fraction of sp³-hybridized carbons (Fsp3) is 0.667. The topological polar surface area (TPSA) is 46.5 Å². The maximum atomic E-state index is 11.9. The van der Waals surface area contributed by atoms with Gasteiger partial charge in [-0.05, 0) is 12.8 Å². The van der Waals surface area contributed by atoms with Crippen LogP contribution in [0.25, 0.3) is 0 Å². The Morgan fingerprint density at radius 3 is 2.11 bits per heavy atom. The third kappa shape index (κ3) is 5.89. The minimum Gasteiger partial charge on any atom is -0.462 e. The average Bonchev–Trinajstić information content (AvgIpc) is 2.19. The number of esters is 1. The second-order valence-electron chi connectivity index (χ2n) is 3.31. The minimum atomic E-state index is -4.94. The van der Waals surface area contributed by atoms with E-state index in [0.29, 0.717) is 0 Å². The van der Waals surface area contributed by atoms with Gasteiger partial charge in [0.15, 0.2) is 0 Å². The zero-order valence-corrected chi connectivity index (χ0v) is 8.94. The van der Waals surface area contributed by atoms with Gasteiger partial charge in [-0.2, -0.15) is 26.3 Å². The van der Waals surface area contributed by atoms with Crippen molar-refractivity contribution < 1.29 is 41.0 Å². The van der Waals surface area contributed by atoms with Gasteiger partial charge in [-0.1, -0.05) is 6.58 Å². The molecule has 0 heterocycles.